The average Bonchev–Trinajstić information content (AvgIpc) is 3.06. The summed E-state index contributed by atoms with van der Waals surface area (Å²) < 4.78 is 0. The summed E-state index contributed by atoms with van der Waals surface area (Å²) in [4.78, 5) is 21.0. The van der Waals surface area contributed by atoms with Crippen molar-refractivity contribution in [1.29, 1.82) is 0 Å². The molecule has 1 saturated heterocycles. The van der Waals surface area contributed by atoms with Crippen LogP contribution < -0.4 is 4.90 Å². The van der Waals surface area contributed by atoms with E-state index in [1.165, 1.54) is 31.4 Å². The Hall–Kier alpha value is -1.58. The smallest absolute Gasteiger partial charge is 0.222 e. The van der Waals surface area contributed by atoms with Crippen LogP contribution in [0.1, 0.15) is 44.2 Å². The van der Waals surface area contributed by atoms with Gasteiger partial charge < -0.3 is 9.80 Å². The maximum Gasteiger partial charge on any atom is 0.222 e. The molecule has 0 atom stereocenters. The molecule has 2 heterocycles. The number of aromatic nitrogens is 1. The zero-order valence-corrected chi connectivity index (χ0v) is 13.6. The Morgan fingerprint density at radius 3 is 2.64 bits per heavy atom. The number of hydrogen-bond donors (Lipinski definition) is 0. The monoisotopic (exact) mass is 301 g/mol. The summed E-state index contributed by atoms with van der Waals surface area (Å²) in [5.41, 5.74) is 2.28. The van der Waals surface area contributed by atoms with Crippen molar-refractivity contribution in [3.05, 3.63) is 24.0 Å². The normalized spacial score (nSPS) is 19.7. The maximum absolute atomic E-state index is 12.3. The van der Waals surface area contributed by atoms with E-state index in [9.17, 15) is 4.79 Å². The lowest BCUT2D eigenvalue weighted by atomic mass is 10.0. The number of rotatable bonds is 4. The lowest BCUT2D eigenvalue weighted by Crippen LogP contribution is -2.48. The van der Waals surface area contributed by atoms with Gasteiger partial charge in [-0.25, -0.2) is 0 Å². The number of nitrogens with zero attached hydrogens (tertiary/aromatic N) is 3. The van der Waals surface area contributed by atoms with Crippen molar-refractivity contribution in [3.8, 4) is 0 Å². The molecule has 0 N–H and O–H groups in total. The molecule has 1 saturated carbocycles. The molecule has 4 heteroatoms. The molecule has 4 nitrogen and oxygen atoms in total. The number of amides is 1. The summed E-state index contributed by atoms with van der Waals surface area (Å²) in [6, 6.07) is 4.18. The van der Waals surface area contributed by atoms with E-state index in [-0.39, 0.29) is 0 Å². The minimum Gasteiger partial charge on any atom is -0.368 e. The van der Waals surface area contributed by atoms with Gasteiger partial charge in [0.05, 0.1) is 0 Å². The van der Waals surface area contributed by atoms with Crippen LogP contribution in [-0.4, -0.2) is 42.0 Å². The van der Waals surface area contributed by atoms with E-state index in [1.807, 2.05) is 13.1 Å². The molecule has 2 fully saturated rings. The number of carbonyl (C=O) groups excluding carboxylic acids is 1. The molecule has 2 aliphatic rings. The van der Waals surface area contributed by atoms with Crippen molar-refractivity contribution >= 4 is 11.6 Å². The molecule has 0 spiro atoms. The highest BCUT2D eigenvalue weighted by Gasteiger charge is 2.23. The first-order chi connectivity index (χ1) is 10.7. The topological polar surface area (TPSA) is 36.4 Å². The van der Waals surface area contributed by atoms with Crippen LogP contribution in [0, 0.1) is 12.8 Å². The molecular formula is C18H27N3O. The average molecular weight is 301 g/mol. The second kappa shape index (κ2) is 7.12. The Bertz CT molecular complexity index is 503. The lowest BCUT2D eigenvalue weighted by Gasteiger charge is -2.36. The van der Waals surface area contributed by atoms with Crippen molar-refractivity contribution in [3.63, 3.8) is 0 Å². The summed E-state index contributed by atoms with van der Waals surface area (Å²) >= 11 is 0. The molecule has 22 heavy (non-hydrogen) atoms. The Labute approximate surface area is 133 Å². The minimum absolute atomic E-state index is 0.359. The standard InChI is InChI=1S/C18H27N3O/c1-15-14-17(8-9-19-15)20-10-12-21(13-11-20)18(22)7-6-16-4-2-3-5-16/h8-9,14,16H,2-7,10-13H2,1H3. The van der Waals surface area contributed by atoms with Gasteiger partial charge in [0.15, 0.2) is 0 Å². The zero-order valence-electron chi connectivity index (χ0n) is 13.6. The first-order valence-electron chi connectivity index (χ1n) is 8.68. The molecule has 0 unspecified atom stereocenters. The van der Waals surface area contributed by atoms with Crippen molar-refractivity contribution in [2.24, 2.45) is 5.92 Å². The molecule has 1 aromatic rings. The van der Waals surface area contributed by atoms with Crippen molar-refractivity contribution in [2.45, 2.75) is 45.4 Å². The quantitative estimate of drug-likeness (QED) is 0.858. The Kier molecular flexibility index (Phi) is 4.96. The van der Waals surface area contributed by atoms with E-state index < -0.39 is 0 Å². The summed E-state index contributed by atoms with van der Waals surface area (Å²) in [5, 5.41) is 0. The lowest BCUT2D eigenvalue weighted by molar-refractivity contribution is -0.131. The molecule has 0 aromatic carbocycles. The fraction of sp³-hybridized carbons (Fsp3) is 0.667. The van der Waals surface area contributed by atoms with Gasteiger partial charge in [-0.1, -0.05) is 25.7 Å². The highest BCUT2D eigenvalue weighted by Crippen LogP contribution is 2.28. The molecule has 1 aromatic heterocycles. The second-order valence-electron chi connectivity index (χ2n) is 6.71. The zero-order chi connectivity index (χ0) is 15.4. The molecule has 0 bridgehead atoms. The van der Waals surface area contributed by atoms with Gasteiger partial charge in [0, 0.05) is 50.2 Å². The summed E-state index contributed by atoms with van der Waals surface area (Å²) in [7, 11) is 0. The number of hydrogen-bond acceptors (Lipinski definition) is 3. The number of anilines is 1. The van der Waals surface area contributed by atoms with Gasteiger partial charge in [0.2, 0.25) is 5.91 Å². The van der Waals surface area contributed by atoms with E-state index in [0.717, 1.165) is 50.6 Å². The van der Waals surface area contributed by atoms with E-state index >= 15 is 0 Å². The summed E-state index contributed by atoms with van der Waals surface area (Å²) in [6.45, 7) is 5.58. The van der Waals surface area contributed by atoms with Crippen LogP contribution in [0.5, 0.6) is 0 Å². The third-order valence-corrected chi connectivity index (χ3v) is 5.12. The third kappa shape index (κ3) is 3.79. The van der Waals surface area contributed by atoms with Gasteiger partial charge in [-0.15, -0.1) is 0 Å². The molecule has 3 rings (SSSR count). The SMILES string of the molecule is Cc1cc(N2CCN(C(=O)CCC3CCCC3)CC2)ccn1. The van der Waals surface area contributed by atoms with Crippen LogP contribution in [-0.2, 0) is 4.79 Å². The van der Waals surface area contributed by atoms with Crippen molar-refractivity contribution in [2.75, 3.05) is 31.1 Å². The largest absolute Gasteiger partial charge is 0.368 e. The molecule has 1 aliphatic heterocycles. The van der Waals surface area contributed by atoms with Crippen LogP contribution in [0.2, 0.25) is 0 Å². The molecule has 0 radical (unpaired) electrons. The van der Waals surface area contributed by atoms with Crippen LogP contribution in [0.15, 0.2) is 18.3 Å². The second-order valence-corrected chi connectivity index (χ2v) is 6.71. The van der Waals surface area contributed by atoms with E-state index in [4.69, 9.17) is 0 Å². The molecular weight excluding hydrogens is 274 g/mol. The van der Waals surface area contributed by atoms with Gasteiger partial charge in [-0.3, -0.25) is 9.78 Å². The molecule has 1 aliphatic carbocycles. The first kappa shape index (κ1) is 15.3. The summed E-state index contributed by atoms with van der Waals surface area (Å²) in [5.74, 6) is 1.17. The van der Waals surface area contributed by atoms with Crippen LogP contribution in [0.25, 0.3) is 0 Å². The maximum atomic E-state index is 12.3. The van der Waals surface area contributed by atoms with Gasteiger partial charge in [0.1, 0.15) is 0 Å². The van der Waals surface area contributed by atoms with E-state index in [2.05, 4.69) is 26.9 Å². The highest BCUT2D eigenvalue weighted by molar-refractivity contribution is 5.76. The summed E-state index contributed by atoms with van der Waals surface area (Å²) in [6.07, 6.45) is 9.11. The number of pyridine rings is 1. The molecule has 1 amide bonds. The van der Waals surface area contributed by atoms with Gasteiger partial charge in [-0.2, -0.15) is 0 Å². The predicted octanol–water partition coefficient (Wildman–Crippen LogP) is 3.01. The Morgan fingerprint density at radius 2 is 1.95 bits per heavy atom. The first-order valence-corrected chi connectivity index (χ1v) is 8.68. The van der Waals surface area contributed by atoms with Gasteiger partial charge in [0.25, 0.3) is 0 Å². The number of carbonyl (C=O) groups is 1. The van der Waals surface area contributed by atoms with E-state index in [0.29, 0.717) is 5.91 Å². The van der Waals surface area contributed by atoms with Crippen molar-refractivity contribution < 1.29 is 4.79 Å². The fourth-order valence-corrected chi connectivity index (χ4v) is 3.73. The van der Waals surface area contributed by atoms with Crippen LogP contribution >= 0.6 is 0 Å². The van der Waals surface area contributed by atoms with Gasteiger partial charge >= 0.3 is 0 Å². The molecule has 120 valence electrons. The minimum atomic E-state index is 0.359. The van der Waals surface area contributed by atoms with Crippen LogP contribution in [0.3, 0.4) is 0 Å². The van der Waals surface area contributed by atoms with Crippen LogP contribution in [0.4, 0.5) is 5.69 Å². The van der Waals surface area contributed by atoms with Gasteiger partial charge in [-0.05, 0) is 31.4 Å². The Balaban J connectivity index is 1.45. The highest BCUT2D eigenvalue weighted by atomic mass is 16.2. The van der Waals surface area contributed by atoms with Crippen molar-refractivity contribution in [1.82, 2.24) is 9.88 Å². The number of aryl methyl sites for hydroxylation is 1. The third-order valence-electron chi connectivity index (χ3n) is 5.12. The predicted molar refractivity (Wildman–Crippen MR) is 89.0 cm³/mol. The van der Waals surface area contributed by atoms with E-state index in [1.54, 1.807) is 0 Å². The Morgan fingerprint density at radius 1 is 1.23 bits per heavy atom. The number of piperazine rings is 1. The fourth-order valence-electron chi connectivity index (χ4n) is 3.73.